The monoisotopic (exact) mass is 586 g/mol. The minimum absolute atomic E-state index is 0.0673. The van der Waals surface area contributed by atoms with E-state index in [1.165, 1.54) is 0 Å². The van der Waals surface area contributed by atoms with Crippen LogP contribution in [0.25, 0.3) is 11.1 Å². The van der Waals surface area contributed by atoms with Crippen molar-refractivity contribution in [3.63, 3.8) is 0 Å². The van der Waals surface area contributed by atoms with Crippen molar-refractivity contribution in [3.8, 4) is 22.6 Å². The highest BCUT2D eigenvalue weighted by molar-refractivity contribution is 6.07. The summed E-state index contributed by atoms with van der Waals surface area (Å²) in [6, 6.07) is 30.7. The van der Waals surface area contributed by atoms with Gasteiger partial charge in [0.15, 0.2) is 0 Å². The molecule has 0 N–H and O–H groups in total. The van der Waals surface area contributed by atoms with Gasteiger partial charge in [0.25, 0.3) is 11.8 Å². The maximum Gasteiger partial charge on any atom is 0.270 e. The van der Waals surface area contributed by atoms with Crippen molar-refractivity contribution in [2.45, 2.75) is 19.5 Å². The summed E-state index contributed by atoms with van der Waals surface area (Å²) < 4.78 is 13.2. The summed E-state index contributed by atoms with van der Waals surface area (Å²) in [6.45, 7) is 1.35. The lowest BCUT2D eigenvalue weighted by Crippen LogP contribution is -2.31. The average molecular weight is 587 g/mol. The molecule has 5 aromatic rings. The Morgan fingerprint density at radius 3 is 2.50 bits per heavy atom. The number of benzene rings is 3. The number of anilines is 1. The van der Waals surface area contributed by atoms with E-state index in [-0.39, 0.29) is 11.8 Å². The number of likely N-dealkylation sites (N-methyl/N-ethyl adjacent to an activating group) is 1. The molecular formula is C36H34N4O4. The molecule has 0 aliphatic carbocycles. The zero-order valence-electron chi connectivity index (χ0n) is 25.1. The minimum atomic E-state index is -0.150. The van der Waals surface area contributed by atoms with Gasteiger partial charge < -0.3 is 23.8 Å². The summed E-state index contributed by atoms with van der Waals surface area (Å²) in [5, 5.41) is 0. The predicted molar refractivity (Wildman–Crippen MR) is 170 cm³/mol. The Morgan fingerprint density at radius 1 is 0.864 bits per heavy atom. The summed E-state index contributed by atoms with van der Waals surface area (Å²) in [6.07, 6.45) is 2.43. The van der Waals surface area contributed by atoms with Crippen molar-refractivity contribution in [2.75, 3.05) is 32.7 Å². The molecule has 0 fully saturated rings. The number of hydrogen-bond acceptors (Lipinski definition) is 5. The van der Waals surface area contributed by atoms with E-state index >= 15 is 0 Å². The molecule has 0 radical (unpaired) electrons. The van der Waals surface area contributed by atoms with Gasteiger partial charge in [-0.2, -0.15) is 0 Å². The van der Waals surface area contributed by atoms with Crippen LogP contribution in [0, 0.1) is 0 Å². The van der Waals surface area contributed by atoms with Crippen LogP contribution in [0.5, 0.6) is 11.5 Å². The lowest BCUT2D eigenvalue weighted by Gasteiger charge is -2.23. The number of nitrogens with zero attached hydrogens (tertiary/aromatic N) is 4. The van der Waals surface area contributed by atoms with Gasteiger partial charge in [0.05, 0.1) is 27.3 Å². The quantitative estimate of drug-likeness (QED) is 0.220. The fourth-order valence-corrected chi connectivity index (χ4v) is 5.66. The highest BCUT2D eigenvalue weighted by Gasteiger charge is 2.28. The Hall–Kier alpha value is -5.37. The van der Waals surface area contributed by atoms with Gasteiger partial charge in [0.2, 0.25) is 0 Å². The molecule has 0 bridgehead atoms. The van der Waals surface area contributed by atoms with Gasteiger partial charge >= 0.3 is 0 Å². The van der Waals surface area contributed by atoms with Gasteiger partial charge in [0, 0.05) is 54.4 Å². The van der Waals surface area contributed by atoms with E-state index < -0.39 is 0 Å². The van der Waals surface area contributed by atoms with Crippen LogP contribution in [0.4, 0.5) is 5.69 Å². The molecule has 2 amide bonds. The zero-order valence-corrected chi connectivity index (χ0v) is 25.1. The molecule has 44 heavy (non-hydrogen) atoms. The Morgan fingerprint density at radius 2 is 1.70 bits per heavy atom. The van der Waals surface area contributed by atoms with Crippen molar-refractivity contribution in [2.24, 2.45) is 0 Å². The third-order valence-corrected chi connectivity index (χ3v) is 8.07. The van der Waals surface area contributed by atoms with E-state index in [9.17, 15) is 9.59 Å². The predicted octanol–water partition coefficient (Wildman–Crippen LogP) is 6.09. The van der Waals surface area contributed by atoms with Crippen LogP contribution in [0.2, 0.25) is 0 Å². The standard InChI is InChI=1S/C36H34N4O4/c1-38(20-18-28-11-6-7-19-37-28)36(42)33-17-15-29-24-40(32-13-5-4-9-27(32)23-39(29)33)35(41)26-14-16-31(34(22-26)44-3)25-10-8-12-30(21-25)43-2/h4-17,19,21-22H,18,20,23-24H2,1-3H3. The molecule has 1 aliphatic rings. The van der Waals surface area contributed by atoms with Crippen LogP contribution in [0.1, 0.15) is 37.8 Å². The molecule has 0 atom stereocenters. The van der Waals surface area contributed by atoms with Gasteiger partial charge in [-0.15, -0.1) is 0 Å². The molecule has 0 spiro atoms. The summed E-state index contributed by atoms with van der Waals surface area (Å²) in [5.74, 6) is 1.12. The fraction of sp³-hybridized carbons (Fsp3) is 0.194. The second kappa shape index (κ2) is 12.5. The second-order valence-corrected chi connectivity index (χ2v) is 10.8. The van der Waals surface area contributed by atoms with Crippen molar-refractivity contribution in [1.82, 2.24) is 14.5 Å². The maximum atomic E-state index is 14.2. The number of amides is 2. The average Bonchev–Trinajstić information content (AvgIpc) is 3.39. The number of carbonyl (C=O) groups excluding carboxylic acids is 2. The molecule has 0 unspecified atom stereocenters. The van der Waals surface area contributed by atoms with Gasteiger partial charge in [-0.25, -0.2) is 0 Å². The van der Waals surface area contributed by atoms with Crippen molar-refractivity contribution in [1.29, 1.82) is 0 Å². The first-order valence-corrected chi connectivity index (χ1v) is 14.5. The first kappa shape index (κ1) is 28.7. The molecule has 8 heteroatoms. The summed E-state index contributed by atoms with van der Waals surface area (Å²) in [4.78, 5) is 35.7. The lowest BCUT2D eigenvalue weighted by molar-refractivity contribution is 0.0785. The topological polar surface area (TPSA) is 76.9 Å². The van der Waals surface area contributed by atoms with E-state index in [0.717, 1.165) is 39.5 Å². The normalized spacial score (nSPS) is 12.1. The second-order valence-electron chi connectivity index (χ2n) is 10.8. The largest absolute Gasteiger partial charge is 0.497 e. The Labute approximate surface area is 257 Å². The van der Waals surface area contributed by atoms with Crippen LogP contribution < -0.4 is 14.4 Å². The van der Waals surface area contributed by atoms with Crippen LogP contribution >= 0.6 is 0 Å². The minimum Gasteiger partial charge on any atom is -0.497 e. The Balaban J connectivity index is 1.29. The van der Waals surface area contributed by atoms with Crippen molar-refractivity contribution >= 4 is 17.5 Å². The van der Waals surface area contributed by atoms with Gasteiger partial charge in [-0.3, -0.25) is 14.6 Å². The third-order valence-electron chi connectivity index (χ3n) is 8.07. The number of para-hydroxylation sites is 1. The lowest BCUT2D eigenvalue weighted by atomic mass is 10.0. The first-order chi connectivity index (χ1) is 21.5. The molecule has 3 heterocycles. The van der Waals surface area contributed by atoms with E-state index in [4.69, 9.17) is 9.47 Å². The van der Waals surface area contributed by atoms with Gasteiger partial charge in [0.1, 0.15) is 17.2 Å². The van der Waals surface area contributed by atoms with Crippen molar-refractivity contribution < 1.29 is 19.1 Å². The zero-order chi connectivity index (χ0) is 30.6. The number of ether oxygens (including phenoxy) is 2. The number of hydrogen-bond donors (Lipinski definition) is 0. The van der Waals surface area contributed by atoms with E-state index in [1.807, 2.05) is 103 Å². The number of rotatable bonds is 8. The molecule has 3 aromatic carbocycles. The SMILES string of the molecule is COc1cccc(-c2ccc(C(=O)N3Cc4ccc(C(=O)N(C)CCc5ccccn5)n4Cc4ccccc43)cc2OC)c1. The first-order valence-electron chi connectivity index (χ1n) is 14.5. The number of fused-ring (bicyclic) bond motifs is 2. The molecular weight excluding hydrogens is 552 g/mol. The van der Waals surface area contributed by atoms with E-state index in [2.05, 4.69) is 4.98 Å². The molecule has 2 aromatic heterocycles. The van der Waals surface area contributed by atoms with E-state index in [1.54, 1.807) is 36.3 Å². The molecule has 0 saturated carbocycles. The smallest absolute Gasteiger partial charge is 0.270 e. The maximum absolute atomic E-state index is 14.2. The molecule has 8 nitrogen and oxygen atoms in total. The Bertz CT molecular complexity index is 1810. The highest BCUT2D eigenvalue weighted by atomic mass is 16.5. The number of aromatic nitrogens is 2. The van der Waals surface area contributed by atoms with Crippen LogP contribution in [-0.2, 0) is 19.5 Å². The number of methoxy groups -OCH3 is 2. The van der Waals surface area contributed by atoms with Gasteiger partial charge in [-0.05, 0) is 71.8 Å². The van der Waals surface area contributed by atoms with Crippen LogP contribution in [-0.4, -0.2) is 54.1 Å². The summed E-state index contributed by atoms with van der Waals surface area (Å²) in [5.41, 5.74) is 6.50. The number of pyridine rings is 1. The number of carbonyl (C=O) groups is 2. The van der Waals surface area contributed by atoms with E-state index in [0.29, 0.717) is 43.1 Å². The van der Waals surface area contributed by atoms with Crippen LogP contribution in [0.15, 0.2) is 103 Å². The fourth-order valence-electron chi connectivity index (χ4n) is 5.66. The third kappa shape index (κ3) is 5.66. The van der Waals surface area contributed by atoms with Crippen LogP contribution in [0.3, 0.4) is 0 Å². The highest BCUT2D eigenvalue weighted by Crippen LogP contribution is 2.35. The van der Waals surface area contributed by atoms with Crippen molar-refractivity contribution in [3.05, 3.63) is 131 Å². The summed E-state index contributed by atoms with van der Waals surface area (Å²) >= 11 is 0. The molecule has 222 valence electrons. The molecule has 0 saturated heterocycles. The summed E-state index contributed by atoms with van der Waals surface area (Å²) in [7, 11) is 5.05. The van der Waals surface area contributed by atoms with Gasteiger partial charge in [-0.1, -0.05) is 36.4 Å². The molecule has 1 aliphatic heterocycles. The molecule has 6 rings (SSSR count). The Kier molecular flexibility index (Phi) is 8.14.